The van der Waals surface area contributed by atoms with Crippen LogP contribution >= 0.6 is 11.8 Å². The molecule has 0 radical (unpaired) electrons. The zero-order valence-electron chi connectivity index (χ0n) is 17.0. The van der Waals surface area contributed by atoms with Crippen LogP contribution in [0.25, 0.3) is 0 Å². The van der Waals surface area contributed by atoms with E-state index in [1.54, 1.807) is 0 Å². The van der Waals surface area contributed by atoms with Crippen LogP contribution in [-0.4, -0.2) is 32.0 Å². The first kappa shape index (κ1) is 27.3. The van der Waals surface area contributed by atoms with Crippen molar-refractivity contribution in [2.24, 2.45) is 5.92 Å². The number of nitrogens with zero attached hydrogens (tertiary/aromatic N) is 3. The maximum Gasteiger partial charge on any atom is 0.0926 e. The summed E-state index contributed by atoms with van der Waals surface area (Å²) in [5, 5.41) is 16.9. The largest absolute Gasteiger partial charge is 0.396 e. The predicted molar refractivity (Wildman–Crippen MR) is 106 cm³/mol. The highest BCUT2D eigenvalue weighted by atomic mass is 32.2. The number of hydrogen-bond donors (Lipinski definition) is 1. The van der Waals surface area contributed by atoms with Crippen molar-refractivity contribution in [3.8, 4) is 0 Å². The van der Waals surface area contributed by atoms with Gasteiger partial charge in [0.1, 0.15) is 0 Å². The van der Waals surface area contributed by atoms with Gasteiger partial charge in [0.05, 0.1) is 5.69 Å². The monoisotopic (exact) mass is 347 g/mol. The molecule has 0 spiro atoms. The normalized spacial score (nSPS) is 9.39. The Kier molecular flexibility index (Phi) is 25.5. The van der Waals surface area contributed by atoms with Gasteiger partial charge in [0, 0.05) is 25.1 Å². The molecule has 23 heavy (non-hydrogen) atoms. The molecule has 0 saturated carbocycles. The average molecular weight is 348 g/mol. The maximum absolute atomic E-state index is 8.14. The first-order chi connectivity index (χ1) is 10.9. The fourth-order valence-corrected chi connectivity index (χ4v) is 1.63. The average Bonchev–Trinajstić information content (AvgIpc) is 2.97. The molecule has 1 rings (SSSR count). The van der Waals surface area contributed by atoms with Gasteiger partial charge in [0.15, 0.2) is 0 Å². The molecular weight excluding hydrogens is 306 g/mol. The van der Waals surface area contributed by atoms with E-state index in [4.69, 9.17) is 5.11 Å². The predicted octanol–water partition coefficient (Wildman–Crippen LogP) is 5.41. The van der Waals surface area contributed by atoms with Gasteiger partial charge in [-0.05, 0) is 17.6 Å². The molecule has 0 saturated heterocycles. The minimum Gasteiger partial charge on any atom is -0.396 e. The van der Waals surface area contributed by atoms with Crippen LogP contribution in [0, 0.1) is 5.92 Å². The van der Waals surface area contributed by atoms with Crippen molar-refractivity contribution >= 4 is 11.8 Å². The molecule has 1 aromatic heterocycles. The molecule has 0 aromatic carbocycles. The molecule has 0 aliphatic rings. The summed E-state index contributed by atoms with van der Waals surface area (Å²) in [4.78, 5) is 0. The molecule has 0 unspecified atom stereocenters. The van der Waals surface area contributed by atoms with Crippen LogP contribution in [0.15, 0.2) is 6.20 Å². The maximum atomic E-state index is 8.14. The van der Waals surface area contributed by atoms with Crippen molar-refractivity contribution in [2.75, 3.05) is 6.61 Å². The van der Waals surface area contributed by atoms with Crippen LogP contribution < -0.4 is 0 Å². The number of thioether (sulfide) groups is 1. The third kappa shape index (κ3) is 23.8. The Labute approximate surface area is 149 Å². The van der Waals surface area contributed by atoms with Gasteiger partial charge in [-0.15, -0.1) is 5.10 Å². The lowest BCUT2D eigenvalue weighted by Crippen LogP contribution is -1.96. The van der Waals surface area contributed by atoms with Crippen molar-refractivity contribution in [1.29, 1.82) is 0 Å². The number of aryl methyl sites for hydroxylation is 1. The lowest BCUT2D eigenvalue weighted by molar-refractivity contribution is 0.248. The Morgan fingerprint density at radius 1 is 1.13 bits per heavy atom. The van der Waals surface area contributed by atoms with E-state index < -0.39 is 0 Å². The van der Waals surface area contributed by atoms with E-state index in [-0.39, 0.29) is 0 Å². The van der Waals surface area contributed by atoms with E-state index in [9.17, 15) is 0 Å². The lowest BCUT2D eigenvalue weighted by atomic mass is 10.2. The Hall–Kier alpha value is -0.550. The summed E-state index contributed by atoms with van der Waals surface area (Å²) < 4.78 is 1.91. The van der Waals surface area contributed by atoms with Crippen LogP contribution in [0.2, 0.25) is 0 Å². The van der Waals surface area contributed by atoms with Crippen LogP contribution in [0.5, 0.6) is 0 Å². The third-order valence-corrected chi connectivity index (χ3v) is 3.10. The molecule has 0 aliphatic carbocycles. The summed E-state index contributed by atoms with van der Waals surface area (Å²) in [6, 6.07) is 0. The zero-order chi connectivity index (χ0) is 18.7. The fourth-order valence-electron chi connectivity index (χ4n) is 0.995. The number of aliphatic hydroxyl groups is 1. The van der Waals surface area contributed by atoms with Crippen molar-refractivity contribution in [3.63, 3.8) is 0 Å². The van der Waals surface area contributed by atoms with E-state index in [2.05, 4.69) is 44.9 Å². The van der Waals surface area contributed by atoms with Gasteiger partial charge >= 0.3 is 0 Å². The molecule has 0 amide bonds. The molecule has 1 N–H and O–H groups in total. The zero-order valence-corrected chi connectivity index (χ0v) is 17.8. The van der Waals surface area contributed by atoms with Gasteiger partial charge in [-0.1, -0.05) is 73.9 Å². The highest BCUT2D eigenvalue weighted by Gasteiger charge is 2.01. The van der Waals surface area contributed by atoms with Crippen molar-refractivity contribution in [2.45, 2.75) is 92.7 Å². The van der Waals surface area contributed by atoms with E-state index >= 15 is 0 Å². The number of aliphatic hydroxyl groups excluding tert-OH is 1. The highest BCUT2D eigenvalue weighted by molar-refractivity contribution is 7.99. The van der Waals surface area contributed by atoms with E-state index in [0.29, 0.717) is 17.8 Å². The Balaban J connectivity index is -0.000000334. The van der Waals surface area contributed by atoms with Crippen molar-refractivity contribution in [3.05, 3.63) is 11.9 Å². The topological polar surface area (TPSA) is 50.9 Å². The highest BCUT2D eigenvalue weighted by Crippen LogP contribution is 2.14. The van der Waals surface area contributed by atoms with Crippen LogP contribution in [0.1, 0.15) is 80.8 Å². The van der Waals surface area contributed by atoms with Crippen LogP contribution in [0.3, 0.4) is 0 Å². The van der Waals surface area contributed by atoms with Crippen LogP contribution in [-0.2, 0) is 12.3 Å². The third-order valence-electron chi connectivity index (χ3n) is 1.97. The molecular formula is C18H41N3OS. The first-order valence-corrected chi connectivity index (χ1v) is 10.1. The van der Waals surface area contributed by atoms with Gasteiger partial charge in [-0.2, -0.15) is 11.8 Å². The van der Waals surface area contributed by atoms with Gasteiger partial charge in [0.25, 0.3) is 0 Å². The van der Waals surface area contributed by atoms with Gasteiger partial charge in [-0.3, -0.25) is 4.68 Å². The second kappa shape index (κ2) is 21.4. The minimum atomic E-state index is 0.306. The molecule has 5 heteroatoms. The standard InChI is InChI=1S/C9H17N3S.C4H10O.C3H8.C2H6/c1-4-5-12-6-9(10-11-12)7-13-8(2)3;1-4(2)3-5;1-3-2;1-2/h6,8H,4-5,7H2,1-3H3;4-5H,3H2,1-2H3;3H2,1-2H3;1-2H3. The Morgan fingerprint density at radius 2 is 1.61 bits per heavy atom. The van der Waals surface area contributed by atoms with Gasteiger partial charge in [0.2, 0.25) is 0 Å². The number of rotatable bonds is 6. The van der Waals surface area contributed by atoms with Crippen LogP contribution in [0.4, 0.5) is 0 Å². The summed E-state index contributed by atoms with van der Waals surface area (Å²) in [6.07, 6.45) is 4.40. The first-order valence-electron chi connectivity index (χ1n) is 9.02. The van der Waals surface area contributed by atoms with Gasteiger partial charge < -0.3 is 5.11 Å². The fraction of sp³-hybridized carbons (Fsp3) is 0.889. The lowest BCUT2D eigenvalue weighted by Gasteiger charge is -2.00. The quantitative estimate of drug-likeness (QED) is 0.748. The second-order valence-corrected chi connectivity index (χ2v) is 7.18. The number of aromatic nitrogens is 3. The summed E-state index contributed by atoms with van der Waals surface area (Å²) in [5.74, 6) is 1.41. The smallest absolute Gasteiger partial charge is 0.0926 e. The summed E-state index contributed by atoms with van der Waals surface area (Å²) in [6.45, 7) is 20.0. The molecule has 1 heterocycles. The number of hydrogen-bond acceptors (Lipinski definition) is 4. The van der Waals surface area contributed by atoms with Crippen molar-refractivity contribution < 1.29 is 5.11 Å². The Bertz CT molecular complexity index is 315. The summed E-state index contributed by atoms with van der Waals surface area (Å²) in [5.41, 5.74) is 1.09. The summed E-state index contributed by atoms with van der Waals surface area (Å²) >= 11 is 1.90. The SMILES string of the molecule is CC.CC(C)CO.CCC.CCCn1cc(CSC(C)C)nn1. The minimum absolute atomic E-state index is 0.306. The Morgan fingerprint density at radius 3 is 1.96 bits per heavy atom. The second-order valence-electron chi connectivity index (χ2n) is 5.62. The molecule has 0 fully saturated rings. The molecule has 0 aliphatic heterocycles. The van der Waals surface area contributed by atoms with Gasteiger partial charge in [-0.25, -0.2) is 0 Å². The molecule has 4 nitrogen and oxygen atoms in total. The van der Waals surface area contributed by atoms with E-state index in [0.717, 1.165) is 24.4 Å². The molecule has 1 aromatic rings. The van der Waals surface area contributed by atoms with Crippen molar-refractivity contribution in [1.82, 2.24) is 15.0 Å². The van der Waals surface area contributed by atoms with E-state index in [1.165, 1.54) is 6.42 Å². The molecule has 0 atom stereocenters. The van der Waals surface area contributed by atoms with E-state index in [1.807, 2.05) is 50.3 Å². The molecule has 0 bridgehead atoms. The molecule has 140 valence electrons. The summed E-state index contributed by atoms with van der Waals surface area (Å²) in [7, 11) is 0.